The lowest BCUT2D eigenvalue weighted by Crippen LogP contribution is -2.38. The molecule has 0 bridgehead atoms. The number of rotatable bonds is 1. The lowest BCUT2D eigenvalue weighted by molar-refractivity contribution is -0.120. The van der Waals surface area contributed by atoms with E-state index in [4.69, 9.17) is 0 Å². The van der Waals surface area contributed by atoms with Gasteiger partial charge in [-0.15, -0.1) is 0 Å². The number of amides is 1. The fraction of sp³-hybridized carbons (Fsp3) is 0.417. The van der Waals surface area contributed by atoms with Gasteiger partial charge in [-0.2, -0.15) is 0 Å². The zero-order valence-electron chi connectivity index (χ0n) is 8.73. The molecular weight excluding hydrogens is 190 g/mol. The van der Waals surface area contributed by atoms with Crippen LogP contribution in [0.15, 0.2) is 24.3 Å². The van der Waals surface area contributed by atoms with E-state index < -0.39 is 6.10 Å². The van der Waals surface area contributed by atoms with Gasteiger partial charge in [-0.1, -0.05) is 24.3 Å². The highest BCUT2D eigenvalue weighted by Gasteiger charge is 2.27. The summed E-state index contributed by atoms with van der Waals surface area (Å²) in [5, 5.41) is 12.6. The fourth-order valence-electron chi connectivity index (χ4n) is 2.14. The zero-order valence-corrected chi connectivity index (χ0v) is 8.73. The molecule has 0 spiro atoms. The van der Waals surface area contributed by atoms with Crippen molar-refractivity contribution in [3.63, 3.8) is 0 Å². The maximum atomic E-state index is 11.0. The van der Waals surface area contributed by atoms with E-state index in [1.807, 2.05) is 18.2 Å². The Hall–Kier alpha value is -1.35. The monoisotopic (exact) mass is 205 g/mol. The van der Waals surface area contributed by atoms with Crippen molar-refractivity contribution in [3.05, 3.63) is 35.4 Å². The average molecular weight is 205 g/mol. The second kappa shape index (κ2) is 4.03. The van der Waals surface area contributed by atoms with Crippen molar-refractivity contribution in [2.45, 2.75) is 31.9 Å². The number of carbonyl (C=O) groups is 1. The number of carbonyl (C=O) groups excluding carboxylic acids is 1. The van der Waals surface area contributed by atoms with E-state index in [9.17, 15) is 9.90 Å². The Kier molecular flexibility index (Phi) is 2.73. The smallest absolute Gasteiger partial charge is 0.217 e. The molecule has 1 aromatic rings. The van der Waals surface area contributed by atoms with Crippen LogP contribution in [0.1, 0.15) is 30.5 Å². The number of aliphatic hydroxyl groups excluding tert-OH is 1. The summed E-state index contributed by atoms with van der Waals surface area (Å²) in [7, 11) is 0. The molecule has 1 amide bonds. The van der Waals surface area contributed by atoms with Crippen LogP contribution in [-0.2, 0) is 11.2 Å². The molecular formula is C12H15NO2. The van der Waals surface area contributed by atoms with Crippen LogP contribution in [-0.4, -0.2) is 17.1 Å². The van der Waals surface area contributed by atoms with Gasteiger partial charge >= 0.3 is 0 Å². The van der Waals surface area contributed by atoms with Crippen LogP contribution in [0, 0.1) is 0 Å². The van der Waals surface area contributed by atoms with Gasteiger partial charge in [0.2, 0.25) is 5.91 Å². The molecule has 0 heterocycles. The van der Waals surface area contributed by atoms with Crippen LogP contribution in [0.5, 0.6) is 0 Å². The predicted octanol–water partition coefficient (Wildman–Crippen LogP) is 1.17. The van der Waals surface area contributed by atoms with Crippen LogP contribution in [0.3, 0.4) is 0 Å². The van der Waals surface area contributed by atoms with Gasteiger partial charge in [0.15, 0.2) is 0 Å². The molecule has 1 aromatic carbocycles. The Balaban J connectivity index is 2.32. The molecule has 1 aliphatic rings. The van der Waals surface area contributed by atoms with E-state index >= 15 is 0 Å². The van der Waals surface area contributed by atoms with E-state index in [1.165, 1.54) is 12.5 Å². The van der Waals surface area contributed by atoms with Gasteiger partial charge in [-0.25, -0.2) is 0 Å². The first kappa shape index (κ1) is 10.2. The third kappa shape index (κ3) is 2.02. The summed E-state index contributed by atoms with van der Waals surface area (Å²) in [6.45, 7) is 1.48. The van der Waals surface area contributed by atoms with Crippen LogP contribution >= 0.6 is 0 Å². The highest BCUT2D eigenvalue weighted by molar-refractivity contribution is 5.73. The molecule has 2 atom stereocenters. The molecule has 0 saturated carbocycles. The normalized spacial score (nSPS) is 24.4. The standard InChI is InChI=1S/C12H15NO2/c1-8(14)13-12-10-5-3-2-4-9(10)6-7-11(12)15/h2-5,11-12,15H,6-7H2,1H3,(H,13,14)/t11?,12-/m1/s1. The van der Waals surface area contributed by atoms with Gasteiger partial charge < -0.3 is 10.4 Å². The van der Waals surface area contributed by atoms with Crippen molar-refractivity contribution in [2.24, 2.45) is 0 Å². The topological polar surface area (TPSA) is 49.3 Å². The zero-order chi connectivity index (χ0) is 10.8. The van der Waals surface area contributed by atoms with Gasteiger partial charge in [-0.3, -0.25) is 4.79 Å². The number of hydrogen-bond acceptors (Lipinski definition) is 2. The first-order chi connectivity index (χ1) is 7.18. The van der Waals surface area contributed by atoms with E-state index in [2.05, 4.69) is 11.4 Å². The van der Waals surface area contributed by atoms with Crippen molar-refractivity contribution in [2.75, 3.05) is 0 Å². The summed E-state index contributed by atoms with van der Waals surface area (Å²) in [6.07, 6.45) is 1.12. The van der Waals surface area contributed by atoms with E-state index in [0.29, 0.717) is 6.42 Å². The van der Waals surface area contributed by atoms with Crippen molar-refractivity contribution in [1.29, 1.82) is 0 Å². The summed E-state index contributed by atoms with van der Waals surface area (Å²) in [6, 6.07) is 7.70. The molecule has 0 aromatic heterocycles. The minimum absolute atomic E-state index is 0.101. The summed E-state index contributed by atoms with van der Waals surface area (Å²) in [4.78, 5) is 11.0. The van der Waals surface area contributed by atoms with Gasteiger partial charge in [0.05, 0.1) is 12.1 Å². The van der Waals surface area contributed by atoms with Gasteiger partial charge in [0.25, 0.3) is 0 Å². The fourth-order valence-corrected chi connectivity index (χ4v) is 2.14. The molecule has 1 unspecified atom stereocenters. The summed E-state index contributed by atoms with van der Waals surface area (Å²) >= 11 is 0. The van der Waals surface area contributed by atoms with Crippen LogP contribution < -0.4 is 5.32 Å². The molecule has 0 aliphatic heterocycles. The molecule has 80 valence electrons. The number of aryl methyl sites for hydroxylation is 1. The lowest BCUT2D eigenvalue weighted by Gasteiger charge is -2.30. The third-order valence-corrected chi connectivity index (χ3v) is 2.84. The number of benzene rings is 1. The molecule has 1 aliphatic carbocycles. The summed E-state index contributed by atoms with van der Waals surface area (Å²) < 4.78 is 0. The minimum Gasteiger partial charge on any atom is -0.391 e. The van der Waals surface area contributed by atoms with E-state index in [0.717, 1.165) is 12.0 Å². The molecule has 2 N–H and O–H groups in total. The van der Waals surface area contributed by atoms with Crippen LogP contribution in [0.4, 0.5) is 0 Å². The Morgan fingerprint density at radius 1 is 1.47 bits per heavy atom. The highest BCUT2D eigenvalue weighted by Crippen LogP contribution is 2.29. The second-order valence-corrected chi connectivity index (χ2v) is 3.98. The minimum atomic E-state index is -0.469. The SMILES string of the molecule is CC(=O)N[C@@H]1c2ccccc2CCC1O. The number of fused-ring (bicyclic) bond motifs is 1. The van der Waals surface area contributed by atoms with E-state index in [1.54, 1.807) is 0 Å². The average Bonchev–Trinajstić information content (AvgIpc) is 2.22. The summed E-state index contributed by atoms with van der Waals surface area (Å²) in [5.74, 6) is -0.101. The third-order valence-electron chi connectivity index (χ3n) is 2.84. The first-order valence-electron chi connectivity index (χ1n) is 5.21. The largest absolute Gasteiger partial charge is 0.391 e. The van der Waals surface area contributed by atoms with Gasteiger partial charge in [0.1, 0.15) is 0 Å². The molecule has 2 rings (SSSR count). The number of nitrogens with one attached hydrogen (secondary N) is 1. The maximum Gasteiger partial charge on any atom is 0.217 e. The highest BCUT2D eigenvalue weighted by atomic mass is 16.3. The molecule has 3 heteroatoms. The Bertz CT molecular complexity index is 376. The van der Waals surface area contributed by atoms with Crippen molar-refractivity contribution in [3.8, 4) is 0 Å². The van der Waals surface area contributed by atoms with E-state index in [-0.39, 0.29) is 11.9 Å². The van der Waals surface area contributed by atoms with Crippen molar-refractivity contribution < 1.29 is 9.90 Å². The van der Waals surface area contributed by atoms with Crippen LogP contribution in [0.25, 0.3) is 0 Å². The molecule has 0 fully saturated rings. The first-order valence-corrected chi connectivity index (χ1v) is 5.21. The van der Waals surface area contributed by atoms with Gasteiger partial charge in [-0.05, 0) is 24.0 Å². The number of aliphatic hydroxyl groups is 1. The van der Waals surface area contributed by atoms with Crippen molar-refractivity contribution >= 4 is 5.91 Å². The Morgan fingerprint density at radius 2 is 2.20 bits per heavy atom. The molecule has 15 heavy (non-hydrogen) atoms. The second-order valence-electron chi connectivity index (χ2n) is 3.98. The summed E-state index contributed by atoms with van der Waals surface area (Å²) in [5.41, 5.74) is 2.27. The predicted molar refractivity (Wildman–Crippen MR) is 57.3 cm³/mol. The molecule has 0 radical (unpaired) electrons. The molecule has 3 nitrogen and oxygen atoms in total. The lowest BCUT2D eigenvalue weighted by atomic mass is 9.85. The Morgan fingerprint density at radius 3 is 2.93 bits per heavy atom. The van der Waals surface area contributed by atoms with Gasteiger partial charge in [0, 0.05) is 6.92 Å². The maximum absolute atomic E-state index is 11.0. The molecule has 0 saturated heterocycles. The van der Waals surface area contributed by atoms with Crippen molar-refractivity contribution in [1.82, 2.24) is 5.32 Å². The quantitative estimate of drug-likeness (QED) is 0.723. The number of hydrogen-bond donors (Lipinski definition) is 2. The van der Waals surface area contributed by atoms with Crippen LogP contribution in [0.2, 0.25) is 0 Å². The Labute approximate surface area is 89.1 Å².